The van der Waals surface area contributed by atoms with E-state index < -0.39 is 0 Å². The molecule has 0 aliphatic carbocycles. The molecule has 6 nitrogen and oxygen atoms in total. The number of carbonyl (C=O) groups excluding carboxylic acids is 2. The van der Waals surface area contributed by atoms with Crippen molar-refractivity contribution in [3.8, 4) is 0 Å². The van der Waals surface area contributed by atoms with E-state index in [0.29, 0.717) is 32.8 Å². The standard InChI is InChI=1S/C14H25N3O3/c1-2-20-14(19)17-11-9-16(10-12-17)13(18)15-7-5-3-4-6-8-15/h2-12H2,1H3. The maximum atomic E-state index is 12.4. The minimum Gasteiger partial charge on any atom is -0.450 e. The Balaban J connectivity index is 1.80. The van der Waals surface area contributed by atoms with E-state index >= 15 is 0 Å². The first-order valence-electron chi connectivity index (χ1n) is 7.68. The molecule has 0 aromatic carbocycles. The molecule has 0 bridgehead atoms. The lowest BCUT2D eigenvalue weighted by atomic mass is 10.2. The Labute approximate surface area is 120 Å². The molecule has 2 heterocycles. The number of nitrogens with zero attached hydrogens (tertiary/aromatic N) is 3. The van der Waals surface area contributed by atoms with Gasteiger partial charge in [-0.1, -0.05) is 12.8 Å². The number of ether oxygens (including phenoxy) is 1. The van der Waals surface area contributed by atoms with Crippen molar-refractivity contribution in [2.45, 2.75) is 32.6 Å². The van der Waals surface area contributed by atoms with Gasteiger partial charge in [0, 0.05) is 39.3 Å². The molecule has 0 unspecified atom stereocenters. The van der Waals surface area contributed by atoms with E-state index in [0.717, 1.165) is 25.9 Å². The van der Waals surface area contributed by atoms with Gasteiger partial charge in [-0.05, 0) is 19.8 Å². The van der Waals surface area contributed by atoms with Crippen LogP contribution in [0.3, 0.4) is 0 Å². The van der Waals surface area contributed by atoms with Gasteiger partial charge in [-0.25, -0.2) is 9.59 Å². The van der Waals surface area contributed by atoms with Gasteiger partial charge in [-0.3, -0.25) is 0 Å². The molecule has 20 heavy (non-hydrogen) atoms. The molecular formula is C14H25N3O3. The molecule has 0 spiro atoms. The first kappa shape index (κ1) is 14.9. The summed E-state index contributed by atoms with van der Waals surface area (Å²) in [6, 6.07) is 0.135. The Morgan fingerprint density at radius 2 is 1.30 bits per heavy atom. The Morgan fingerprint density at radius 1 is 0.800 bits per heavy atom. The number of urea groups is 1. The van der Waals surface area contributed by atoms with E-state index in [1.807, 2.05) is 9.80 Å². The molecule has 2 fully saturated rings. The van der Waals surface area contributed by atoms with Gasteiger partial charge < -0.3 is 19.4 Å². The number of amides is 3. The van der Waals surface area contributed by atoms with Crippen LogP contribution >= 0.6 is 0 Å². The quantitative estimate of drug-likeness (QED) is 0.737. The molecule has 6 heteroatoms. The summed E-state index contributed by atoms with van der Waals surface area (Å²) in [5.41, 5.74) is 0. The SMILES string of the molecule is CCOC(=O)N1CCN(C(=O)N2CCCCCC2)CC1. The van der Waals surface area contributed by atoms with Crippen LogP contribution < -0.4 is 0 Å². The van der Waals surface area contributed by atoms with Gasteiger partial charge in [0.2, 0.25) is 0 Å². The van der Waals surface area contributed by atoms with Gasteiger partial charge >= 0.3 is 12.1 Å². The van der Waals surface area contributed by atoms with Crippen LogP contribution in [-0.4, -0.2) is 72.7 Å². The van der Waals surface area contributed by atoms with E-state index in [4.69, 9.17) is 4.74 Å². The molecule has 3 amide bonds. The Kier molecular flexibility index (Phi) is 5.49. The highest BCUT2D eigenvalue weighted by Crippen LogP contribution is 2.13. The van der Waals surface area contributed by atoms with Crippen LogP contribution in [0.1, 0.15) is 32.6 Å². The number of rotatable bonds is 1. The van der Waals surface area contributed by atoms with Gasteiger partial charge in [-0.15, -0.1) is 0 Å². The largest absolute Gasteiger partial charge is 0.450 e. The molecule has 114 valence electrons. The summed E-state index contributed by atoms with van der Waals surface area (Å²) in [6.07, 6.45) is 4.39. The highest BCUT2D eigenvalue weighted by atomic mass is 16.6. The third-order valence-corrected chi connectivity index (χ3v) is 3.95. The molecule has 0 radical (unpaired) electrons. The van der Waals surface area contributed by atoms with Crippen molar-refractivity contribution in [3.05, 3.63) is 0 Å². The second-order valence-corrected chi connectivity index (χ2v) is 5.36. The van der Waals surface area contributed by atoms with E-state index in [-0.39, 0.29) is 12.1 Å². The number of carbonyl (C=O) groups is 2. The number of piperazine rings is 1. The van der Waals surface area contributed by atoms with Gasteiger partial charge in [0.15, 0.2) is 0 Å². The van der Waals surface area contributed by atoms with Crippen LogP contribution in [0, 0.1) is 0 Å². The average Bonchev–Trinajstić information content (AvgIpc) is 2.76. The monoisotopic (exact) mass is 283 g/mol. The number of hydrogen-bond acceptors (Lipinski definition) is 3. The predicted molar refractivity (Wildman–Crippen MR) is 75.6 cm³/mol. The van der Waals surface area contributed by atoms with Crippen molar-refractivity contribution in [3.63, 3.8) is 0 Å². The maximum Gasteiger partial charge on any atom is 0.409 e. The van der Waals surface area contributed by atoms with Crippen molar-refractivity contribution in [2.75, 3.05) is 45.9 Å². The van der Waals surface area contributed by atoms with E-state index in [1.54, 1.807) is 11.8 Å². The average molecular weight is 283 g/mol. The fourth-order valence-electron chi connectivity index (χ4n) is 2.76. The summed E-state index contributed by atoms with van der Waals surface area (Å²) in [5.74, 6) is 0. The van der Waals surface area contributed by atoms with E-state index in [9.17, 15) is 9.59 Å². The van der Waals surface area contributed by atoms with E-state index in [1.165, 1.54) is 12.8 Å². The normalized spacial score (nSPS) is 20.6. The zero-order valence-corrected chi connectivity index (χ0v) is 12.3. The van der Waals surface area contributed by atoms with Crippen molar-refractivity contribution in [2.24, 2.45) is 0 Å². The summed E-state index contributed by atoms with van der Waals surface area (Å²) in [4.78, 5) is 29.5. The fourth-order valence-corrected chi connectivity index (χ4v) is 2.76. The molecule has 0 aromatic rings. The number of likely N-dealkylation sites (tertiary alicyclic amines) is 1. The highest BCUT2D eigenvalue weighted by molar-refractivity contribution is 5.75. The summed E-state index contributed by atoms with van der Waals surface area (Å²) in [5, 5.41) is 0. The summed E-state index contributed by atoms with van der Waals surface area (Å²) < 4.78 is 4.98. The lowest BCUT2D eigenvalue weighted by Crippen LogP contribution is -2.54. The Bertz CT molecular complexity index is 333. The molecule has 2 rings (SSSR count). The zero-order valence-electron chi connectivity index (χ0n) is 12.3. The van der Waals surface area contributed by atoms with Crippen LogP contribution in [0.4, 0.5) is 9.59 Å². The predicted octanol–water partition coefficient (Wildman–Crippen LogP) is 1.76. The summed E-state index contributed by atoms with van der Waals surface area (Å²) in [7, 11) is 0. The molecule has 0 aromatic heterocycles. The molecule has 2 aliphatic rings. The van der Waals surface area contributed by atoms with Crippen molar-refractivity contribution in [1.82, 2.24) is 14.7 Å². The summed E-state index contributed by atoms with van der Waals surface area (Å²) in [6.45, 7) is 6.29. The highest BCUT2D eigenvalue weighted by Gasteiger charge is 2.27. The lowest BCUT2D eigenvalue weighted by Gasteiger charge is -2.36. The first-order chi connectivity index (χ1) is 9.72. The molecule has 2 aliphatic heterocycles. The minimum atomic E-state index is -0.269. The Morgan fingerprint density at radius 3 is 1.85 bits per heavy atom. The molecular weight excluding hydrogens is 258 g/mol. The zero-order chi connectivity index (χ0) is 14.4. The summed E-state index contributed by atoms with van der Waals surface area (Å²) >= 11 is 0. The molecule has 0 saturated carbocycles. The second kappa shape index (κ2) is 7.36. The van der Waals surface area contributed by atoms with Gasteiger partial charge in [0.1, 0.15) is 0 Å². The molecule has 2 saturated heterocycles. The Hall–Kier alpha value is -1.46. The van der Waals surface area contributed by atoms with Crippen molar-refractivity contribution >= 4 is 12.1 Å². The van der Waals surface area contributed by atoms with Crippen molar-refractivity contribution in [1.29, 1.82) is 0 Å². The van der Waals surface area contributed by atoms with Gasteiger partial charge in [0.05, 0.1) is 6.61 Å². The maximum absolute atomic E-state index is 12.4. The third kappa shape index (κ3) is 3.77. The second-order valence-electron chi connectivity index (χ2n) is 5.36. The van der Waals surface area contributed by atoms with Crippen LogP contribution in [0.25, 0.3) is 0 Å². The van der Waals surface area contributed by atoms with E-state index in [2.05, 4.69) is 0 Å². The van der Waals surface area contributed by atoms with Crippen LogP contribution in [0.5, 0.6) is 0 Å². The minimum absolute atomic E-state index is 0.135. The lowest BCUT2D eigenvalue weighted by molar-refractivity contribution is 0.0788. The third-order valence-electron chi connectivity index (χ3n) is 3.95. The van der Waals surface area contributed by atoms with Crippen LogP contribution in [0.15, 0.2) is 0 Å². The van der Waals surface area contributed by atoms with Gasteiger partial charge in [0.25, 0.3) is 0 Å². The van der Waals surface area contributed by atoms with Crippen molar-refractivity contribution < 1.29 is 14.3 Å². The topological polar surface area (TPSA) is 53.1 Å². The fraction of sp³-hybridized carbons (Fsp3) is 0.857. The van der Waals surface area contributed by atoms with Gasteiger partial charge in [-0.2, -0.15) is 0 Å². The molecule has 0 N–H and O–H groups in total. The molecule has 0 atom stereocenters. The first-order valence-corrected chi connectivity index (χ1v) is 7.68. The smallest absolute Gasteiger partial charge is 0.409 e. The van der Waals surface area contributed by atoms with Crippen LogP contribution in [-0.2, 0) is 4.74 Å². The number of hydrogen-bond donors (Lipinski definition) is 0. The van der Waals surface area contributed by atoms with Crippen LogP contribution in [0.2, 0.25) is 0 Å².